The average Bonchev–Trinajstić information content (AvgIpc) is 2.79. The van der Waals surface area contributed by atoms with Gasteiger partial charge in [0, 0.05) is 12.0 Å². The number of nitrogens with zero attached hydrogens (tertiary/aromatic N) is 2. The molecule has 3 rings (SSSR count). The second-order valence-corrected chi connectivity index (χ2v) is 7.10. The first-order chi connectivity index (χ1) is 10.2. The number of fused-ring (bicyclic) bond motifs is 1. The second kappa shape index (κ2) is 5.20. The molecule has 22 heavy (non-hydrogen) atoms. The first-order valence-electron chi connectivity index (χ1n) is 6.07. The van der Waals surface area contributed by atoms with Crippen molar-refractivity contribution >= 4 is 32.6 Å². The molecule has 2 heterocycles. The lowest BCUT2D eigenvalue weighted by Crippen LogP contribution is -2.34. The van der Waals surface area contributed by atoms with E-state index < -0.39 is 16.4 Å². The van der Waals surface area contributed by atoms with Crippen LogP contribution in [0, 0.1) is 0 Å². The van der Waals surface area contributed by atoms with Crippen LogP contribution in [0.3, 0.4) is 0 Å². The summed E-state index contributed by atoms with van der Waals surface area (Å²) in [5, 5.41) is 2.08. The van der Waals surface area contributed by atoms with Gasteiger partial charge in [0.05, 0.1) is 11.4 Å². The molecule has 1 aromatic carbocycles. The monoisotopic (exact) mass is 350 g/mol. The highest BCUT2D eigenvalue weighted by molar-refractivity contribution is 8.17. The molecule has 2 aliphatic heterocycles. The topological polar surface area (TPSA) is 59.0 Å². The first-order valence-corrected chi connectivity index (χ1v) is 8.56. The molecule has 118 valence electrons. The molecule has 0 amide bonds. The van der Waals surface area contributed by atoms with E-state index in [4.69, 9.17) is 0 Å². The summed E-state index contributed by atoms with van der Waals surface area (Å²) in [4.78, 5) is 1.73. The summed E-state index contributed by atoms with van der Waals surface area (Å²) in [7, 11) is -3.42. The van der Waals surface area contributed by atoms with E-state index in [0.29, 0.717) is 16.4 Å². The van der Waals surface area contributed by atoms with Crippen molar-refractivity contribution in [2.24, 2.45) is 4.40 Å². The lowest BCUT2D eigenvalue weighted by molar-refractivity contribution is -0.274. The minimum atomic E-state index is -4.73. The molecule has 2 aliphatic rings. The molecule has 0 bridgehead atoms. The van der Waals surface area contributed by atoms with Crippen molar-refractivity contribution in [3.8, 4) is 5.75 Å². The van der Waals surface area contributed by atoms with Crippen LogP contribution >= 0.6 is 11.8 Å². The number of benzene rings is 1. The van der Waals surface area contributed by atoms with E-state index in [2.05, 4.69) is 9.13 Å². The van der Waals surface area contributed by atoms with Crippen LogP contribution in [0.25, 0.3) is 5.70 Å². The number of rotatable bonds is 2. The molecular formula is C12H9F3N2O3S2. The van der Waals surface area contributed by atoms with Gasteiger partial charge in [-0.3, -0.25) is 0 Å². The minimum Gasteiger partial charge on any atom is -0.406 e. The third kappa shape index (κ3) is 3.22. The summed E-state index contributed by atoms with van der Waals surface area (Å²) in [6.07, 6.45) is -4.73. The van der Waals surface area contributed by atoms with Gasteiger partial charge in [0.1, 0.15) is 5.75 Å². The molecular weight excluding hydrogens is 341 g/mol. The van der Waals surface area contributed by atoms with Gasteiger partial charge in [0.15, 0.2) is 5.17 Å². The third-order valence-electron chi connectivity index (χ3n) is 2.97. The van der Waals surface area contributed by atoms with Gasteiger partial charge >= 0.3 is 6.36 Å². The fraction of sp³-hybridized carbons (Fsp3) is 0.250. The Morgan fingerprint density at radius 1 is 1.23 bits per heavy atom. The summed E-state index contributed by atoms with van der Waals surface area (Å²) in [5.41, 5.74) is 1.36. The number of hydrogen-bond donors (Lipinski definition) is 0. The molecule has 0 aromatic heterocycles. The second-order valence-electron chi connectivity index (χ2n) is 4.50. The summed E-state index contributed by atoms with van der Waals surface area (Å²) in [5.74, 6) is -0.401. The Kier molecular flexibility index (Phi) is 3.60. The molecule has 0 N–H and O–H groups in total. The molecule has 0 saturated carbocycles. The van der Waals surface area contributed by atoms with Crippen molar-refractivity contribution in [3.05, 3.63) is 35.2 Å². The summed E-state index contributed by atoms with van der Waals surface area (Å²) in [6, 6.07) is 5.40. The number of amidine groups is 1. The molecule has 0 spiro atoms. The molecule has 0 fully saturated rings. The number of hydrogen-bond acceptors (Lipinski definition) is 5. The Bertz CT molecular complexity index is 755. The van der Waals surface area contributed by atoms with Crippen LogP contribution in [-0.2, 0) is 10.0 Å². The lowest BCUT2D eigenvalue weighted by Gasteiger charge is -2.25. The Hall–Kier alpha value is -1.68. The van der Waals surface area contributed by atoms with Crippen LogP contribution in [0.15, 0.2) is 34.1 Å². The Morgan fingerprint density at radius 2 is 1.91 bits per heavy atom. The van der Waals surface area contributed by atoms with Crippen LogP contribution in [0.5, 0.6) is 5.75 Å². The van der Waals surface area contributed by atoms with Gasteiger partial charge in [-0.25, -0.2) is 8.42 Å². The minimum absolute atomic E-state index is 0.0936. The predicted molar refractivity (Wildman–Crippen MR) is 76.6 cm³/mol. The zero-order chi connectivity index (χ0) is 16.0. The Labute approximate surface area is 128 Å². The molecule has 5 nitrogen and oxygen atoms in total. The lowest BCUT2D eigenvalue weighted by atomic mass is 10.1. The van der Waals surface area contributed by atoms with Crippen molar-refractivity contribution in [2.45, 2.75) is 6.36 Å². The quantitative estimate of drug-likeness (QED) is 0.821. The van der Waals surface area contributed by atoms with E-state index in [1.54, 1.807) is 10.3 Å². The highest BCUT2D eigenvalue weighted by Gasteiger charge is 2.32. The van der Waals surface area contributed by atoms with Gasteiger partial charge in [-0.05, 0) is 29.8 Å². The maximum Gasteiger partial charge on any atom is 0.573 e. The highest BCUT2D eigenvalue weighted by atomic mass is 32.2. The van der Waals surface area contributed by atoms with E-state index in [-0.39, 0.29) is 18.0 Å². The number of halogens is 3. The van der Waals surface area contributed by atoms with Crippen LogP contribution in [0.1, 0.15) is 5.56 Å². The van der Waals surface area contributed by atoms with Gasteiger partial charge in [0.2, 0.25) is 0 Å². The van der Waals surface area contributed by atoms with Gasteiger partial charge in [-0.1, -0.05) is 11.8 Å². The van der Waals surface area contributed by atoms with E-state index in [9.17, 15) is 21.6 Å². The Morgan fingerprint density at radius 3 is 2.55 bits per heavy atom. The molecule has 0 radical (unpaired) electrons. The van der Waals surface area contributed by atoms with Crippen molar-refractivity contribution in [3.63, 3.8) is 0 Å². The third-order valence-corrected chi connectivity index (χ3v) is 5.10. The van der Waals surface area contributed by atoms with Crippen molar-refractivity contribution in [2.75, 3.05) is 12.3 Å². The summed E-state index contributed by atoms with van der Waals surface area (Å²) < 4.78 is 66.7. The fourth-order valence-electron chi connectivity index (χ4n) is 2.05. The summed E-state index contributed by atoms with van der Waals surface area (Å²) in [6.45, 7) is 0.265. The van der Waals surface area contributed by atoms with Gasteiger partial charge in [-0.2, -0.15) is 0 Å². The SMILES string of the molecule is O=S1(=O)CCN2C(c3ccc(OC(F)(F)F)cc3)=CSC2=N1. The van der Waals surface area contributed by atoms with Gasteiger partial charge < -0.3 is 9.64 Å². The Balaban J connectivity index is 1.82. The standard InChI is InChI=1S/C12H9F3N2O3S2/c13-12(14,15)20-9-3-1-8(2-4-9)10-7-21-11-16-22(18,19)6-5-17(10)11/h1-4,7H,5-6H2. The first kappa shape index (κ1) is 15.2. The summed E-state index contributed by atoms with van der Waals surface area (Å²) >= 11 is 1.17. The highest BCUT2D eigenvalue weighted by Crippen LogP contribution is 2.36. The number of alkyl halides is 3. The van der Waals surface area contributed by atoms with Crippen LogP contribution in [-0.4, -0.2) is 37.1 Å². The molecule has 1 aromatic rings. The number of ether oxygens (including phenoxy) is 1. The fourth-order valence-corrected chi connectivity index (χ4v) is 4.20. The van der Waals surface area contributed by atoms with E-state index >= 15 is 0 Å². The van der Waals surface area contributed by atoms with E-state index in [1.807, 2.05) is 0 Å². The molecule has 0 atom stereocenters. The van der Waals surface area contributed by atoms with Gasteiger partial charge in [-0.15, -0.1) is 17.6 Å². The maximum absolute atomic E-state index is 12.1. The van der Waals surface area contributed by atoms with Crippen molar-refractivity contribution < 1.29 is 26.3 Å². The molecule has 0 unspecified atom stereocenters. The number of thioether (sulfide) groups is 1. The molecule has 0 saturated heterocycles. The van der Waals surface area contributed by atoms with E-state index in [1.165, 1.54) is 36.0 Å². The van der Waals surface area contributed by atoms with Crippen molar-refractivity contribution in [1.82, 2.24) is 4.90 Å². The normalized spacial score (nSPS) is 20.2. The van der Waals surface area contributed by atoms with Crippen LogP contribution in [0.4, 0.5) is 13.2 Å². The number of sulfonamides is 1. The van der Waals surface area contributed by atoms with Crippen molar-refractivity contribution in [1.29, 1.82) is 0 Å². The largest absolute Gasteiger partial charge is 0.573 e. The predicted octanol–water partition coefficient (Wildman–Crippen LogP) is 2.63. The van der Waals surface area contributed by atoms with E-state index in [0.717, 1.165) is 0 Å². The molecule has 10 heteroatoms. The maximum atomic E-state index is 12.1. The van der Waals surface area contributed by atoms with Gasteiger partial charge in [0.25, 0.3) is 10.0 Å². The average molecular weight is 350 g/mol. The molecule has 0 aliphatic carbocycles. The zero-order valence-corrected chi connectivity index (χ0v) is 12.5. The van der Waals surface area contributed by atoms with Crippen LogP contribution < -0.4 is 4.74 Å². The zero-order valence-electron chi connectivity index (χ0n) is 10.9. The smallest absolute Gasteiger partial charge is 0.406 e. The van der Waals surface area contributed by atoms with Crippen LogP contribution in [0.2, 0.25) is 0 Å².